The number of amides is 1. The normalized spacial score (nSPS) is 12.6. The van der Waals surface area contributed by atoms with Crippen molar-refractivity contribution in [1.82, 2.24) is 5.32 Å². The van der Waals surface area contributed by atoms with Crippen LogP contribution in [0.3, 0.4) is 0 Å². The molecule has 116 valence electrons. The lowest BCUT2D eigenvalue weighted by Crippen LogP contribution is -2.47. The maximum atomic E-state index is 12.0. The van der Waals surface area contributed by atoms with E-state index in [0.29, 0.717) is 10.7 Å². The molecule has 0 bridgehead atoms. The van der Waals surface area contributed by atoms with Gasteiger partial charge in [0.25, 0.3) is 5.91 Å². The van der Waals surface area contributed by atoms with Gasteiger partial charge in [0.15, 0.2) is 6.10 Å². The zero-order valence-corrected chi connectivity index (χ0v) is 13.5. The summed E-state index contributed by atoms with van der Waals surface area (Å²) in [6.45, 7) is 7.28. The molecular formula is C15H21ClN2O3. The van der Waals surface area contributed by atoms with Gasteiger partial charge in [-0.05, 0) is 45.4 Å². The Hall–Kier alpha value is -1.75. The van der Waals surface area contributed by atoms with Crippen LogP contribution in [0.2, 0.25) is 5.02 Å². The highest BCUT2D eigenvalue weighted by molar-refractivity contribution is 6.31. The predicted molar refractivity (Wildman–Crippen MR) is 83.3 cm³/mol. The molecule has 0 aliphatic heterocycles. The molecule has 0 spiro atoms. The maximum Gasteiger partial charge on any atom is 0.339 e. The largest absolute Gasteiger partial charge is 0.449 e. The first kappa shape index (κ1) is 17.3. The summed E-state index contributed by atoms with van der Waals surface area (Å²) in [5.41, 5.74) is 5.85. The minimum atomic E-state index is -0.900. The Kier molecular flexibility index (Phi) is 5.61. The fourth-order valence-corrected chi connectivity index (χ4v) is 1.78. The number of rotatable bonds is 5. The van der Waals surface area contributed by atoms with Gasteiger partial charge in [-0.1, -0.05) is 18.5 Å². The van der Waals surface area contributed by atoms with E-state index in [2.05, 4.69) is 5.32 Å². The summed E-state index contributed by atoms with van der Waals surface area (Å²) in [6.07, 6.45) is -0.131. The van der Waals surface area contributed by atoms with Gasteiger partial charge in [-0.15, -0.1) is 0 Å². The molecule has 1 unspecified atom stereocenters. The van der Waals surface area contributed by atoms with Crippen LogP contribution in [0.15, 0.2) is 18.2 Å². The lowest BCUT2D eigenvalue weighted by molar-refractivity contribution is -0.130. The quantitative estimate of drug-likeness (QED) is 0.647. The van der Waals surface area contributed by atoms with Crippen molar-refractivity contribution in [2.45, 2.75) is 45.8 Å². The van der Waals surface area contributed by atoms with Gasteiger partial charge < -0.3 is 15.8 Å². The SMILES string of the molecule is CCC(C)(C)NC(=O)C(C)OC(=O)c1cc(N)cc(Cl)c1. The Labute approximate surface area is 129 Å². The van der Waals surface area contributed by atoms with Crippen LogP contribution >= 0.6 is 11.6 Å². The van der Waals surface area contributed by atoms with Gasteiger partial charge in [0.1, 0.15) is 0 Å². The molecule has 5 nitrogen and oxygen atoms in total. The Morgan fingerprint density at radius 2 is 2.00 bits per heavy atom. The van der Waals surface area contributed by atoms with Crippen molar-refractivity contribution in [3.63, 3.8) is 0 Å². The monoisotopic (exact) mass is 312 g/mol. The Morgan fingerprint density at radius 3 is 2.52 bits per heavy atom. The summed E-state index contributed by atoms with van der Waals surface area (Å²) in [5, 5.41) is 3.16. The molecule has 0 radical (unpaired) electrons. The van der Waals surface area contributed by atoms with Crippen LogP contribution in [0.1, 0.15) is 44.5 Å². The molecule has 0 aromatic heterocycles. The fourth-order valence-electron chi connectivity index (χ4n) is 1.54. The molecule has 0 aliphatic carbocycles. The van der Waals surface area contributed by atoms with Gasteiger partial charge in [-0.25, -0.2) is 4.79 Å². The zero-order valence-electron chi connectivity index (χ0n) is 12.7. The second-order valence-electron chi connectivity index (χ2n) is 5.55. The van der Waals surface area contributed by atoms with E-state index in [4.69, 9.17) is 22.1 Å². The summed E-state index contributed by atoms with van der Waals surface area (Å²) >= 11 is 5.83. The molecule has 0 heterocycles. The van der Waals surface area contributed by atoms with Gasteiger partial charge in [0, 0.05) is 16.2 Å². The number of carbonyl (C=O) groups excluding carboxylic acids is 2. The van der Waals surface area contributed by atoms with Gasteiger partial charge in [-0.3, -0.25) is 4.79 Å². The van der Waals surface area contributed by atoms with Crippen LogP contribution in [-0.4, -0.2) is 23.5 Å². The number of halogens is 1. The summed E-state index contributed by atoms with van der Waals surface area (Å²) in [5.74, 6) is -0.980. The summed E-state index contributed by atoms with van der Waals surface area (Å²) in [7, 11) is 0. The van der Waals surface area contributed by atoms with Crippen molar-refractivity contribution in [3.05, 3.63) is 28.8 Å². The number of carbonyl (C=O) groups is 2. The predicted octanol–water partition coefficient (Wildman–Crippen LogP) is 2.77. The number of anilines is 1. The van der Waals surface area contributed by atoms with E-state index in [0.717, 1.165) is 6.42 Å². The number of hydrogen-bond acceptors (Lipinski definition) is 4. The first-order valence-electron chi connectivity index (χ1n) is 6.73. The number of nitrogens with one attached hydrogen (secondary N) is 1. The Morgan fingerprint density at radius 1 is 1.38 bits per heavy atom. The van der Waals surface area contributed by atoms with Crippen LogP contribution in [-0.2, 0) is 9.53 Å². The molecule has 1 aromatic rings. The van der Waals surface area contributed by atoms with E-state index in [9.17, 15) is 9.59 Å². The van der Waals surface area contributed by atoms with Gasteiger partial charge >= 0.3 is 5.97 Å². The fraction of sp³-hybridized carbons (Fsp3) is 0.467. The van der Waals surface area contributed by atoms with Crippen molar-refractivity contribution >= 4 is 29.2 Å². The number of esters is 1. The molecule has 1 amide bonds. The number of nitrogens with two attached hydrogens (primary N) is 1. The minimum Gasteiger partial charge on any atom is -0.449 e. The third-order valence-corrected chi connectivity index (χ3v) is 3.37. The standard InChI is InChI=1S/C15H21ClN2O3/c1-5-15(3,4)18-13(19)9(2)21-14(20)10-6-11(16)8-12(17)7-10/h6-9H,5,17H2,1-4H3,(H,18,19). The Balaban J connectivity index is 2.71. The lowest BCUT2D eigenvalue weighted by atomic mass is 10.0. The highest BCUT2D eigenvalue weighted by Gasteiger charge is 2.24. The first-order valence-corrected chi connectivity index (χ1v) is 7.11. The summed E-state index contributed by atoms with van der Waals surface area (Å²) in [6, 6.07) is 4.42. The molecule has 1 atom stereocenters. The number of benzene rings is 1. The minimum absolute atomic E-state index is 0.217. The molecular weight excluding hydrogens is 292 g/mol. The van der Waals surface area contributed by atoms with Gasteiger partial charge in [0.05, 0.1) is 5.56 Å². The highest BCUT2D eigenvalue weighted by atomic mass is 35.5. The third-order valence-electron chi connectivity index (χ3n) is 3.15. The Bertz CT molecular complexity index is 523. The first-order chi connectivity index (χ1) is 9.64. The lowest BCUT2D eigenvalue weighted by Gasteiger charge is -2.26. The zero-order chi connectivity index (χ0) is 16.2. The van der Waals surface area contributed by atoms with E-state index in [1.807, 2.05) is 20.8 Å². The molecule has 0 aliphatic rings. The molecule has 0 fully saturated rings. The molecule has 0 saturated heterocycles. The van der Waals surface area contributed by atoms with E-state index in [-0.39, 0.29) is 17.0 Å². The number of hydrogen-bond donors (Lipinski definition) is 2. The topological polar surface area (TPSA) is 81.4 Å². The van der Waals surface area contributed by atoms with Crippen molar-refractivity contribution < 1.29 is 14.3 Å². The van der Waals surface area contributed by atoms with Crippen LogP contribution in [0.4, 0.5) is 5.69 Å². The highest BCUT2D eigenvalue weighted by Crippen LogP contribution is 2.18. The van der Waals surface area contributed by atoms with Gasteiger partial charge in [0.2, 0.25) is 0 Å². The van der Waals surface area contributed by atoms with Crippen molar-refractivity contribution in [1.29, 1.82) is 0 Å². The molecule has 1 aromatic carbocycles. The van der Waals surface area contributed by atoms with Gasteiger partial charge in [-0.2, -0.15) is 0 Å². The smallest absolute Gasteiger partial charge is 0.339 e. The average Bonchev–Trinajstić information content (AvgIpc) is 2.36. The van der Waals surface area contributed by atoms with E-state index in [1.54, 1.807) is 0 Å². The molecule has 1 rings (SSSR count). The summed E-state index contributed by atoms with van der Waals surface area (Å²) in [4.78, 5) is 24.0. The van der Waals surface area contributed by atoms with Crippen LogP contribution in [0, 0.1) is 0 Å². The second-order valence-corrected chi connectivity index (χ2v) is 5.98. The number of nitrogen functional groups attached to an aromatic ring is 1. The van der Waals surface area contributed by atoms with Crippen molar-refractivity contribution in [2.75, 3.05) is 5.73 Å². The van der Waals surface area contributed by atoms with Crippen LogP contribution in [0.25, 0.3) is 0 Å². The van der Waals surface area contributed by atoms with E-state index >= 15 is 0 Å². The third kappa shape index (κ3) is 5.27. The molecule has 0 saturated carbocycles. The number of ether oxygens (including phenoxy) is 1. The second kappa shape index (κ2) is 6.80. The molecule has 6 heteroatoms. The van der Waals surface area contributed by atoms with Crippen LogP contribution in [0.5, 0.6) is 0 Å². The maximum absolute atomic E-state index is 12.0. The van der Waals surface area contributed by atoms with Crippen molar-refractivity contribution in [3.8, 4) is 0 Å². The molecule has 21 heavy (non-hydrogen) atoms. The van der Waals surface area contributed by atoms with E-state index < -0.39 is 12.1 Å². The average molecular weight is 313 g/mol. The van der Waals surface area contributed by atoms with Crippen molar-refractivity contribution in [2.24, 2.45) is 0 Å². The van der Waals surface area contributed by atoms with Crippen LogP contribution < -0.4 is 11.1 Å². The van der Waals surface area contributed by atoms with E-state index in [1.165, 1.54) is 25.1 Å². The molecule has 3 N–H and O–H groups in total. The summed E-state index contributed by atoms with van der Waals surface area (Å²) < 4.78 is 5.13.